The third-order valence-electron chi connectivity index (χ3n) is 2.76. The predicted molar refractivity (Wildman–Crippen MR) is 56.2 cm³/mol. The van der Waals surface area contributed by atoms with Crippen LogP contribution in [0.4, 0.5) is 0 Å². The molecule has 0 spiro atoms. The monoisotopic (exact) mass is 272 g/mol. The molecule has 0 fully saturated rings. The van der Waals surface area contributed by atoms with Gasteiger partial charge in [0.2, 0.25) is 0 Å². The molecule has 0 aromatic rings. The van der Waals surface area contributed by atoms with Crippen LogP contribution in [0, 0.1) is 0 Å². The summed E-state index contributed by atoms with van der Waals surface area (Å²) in [4.78, 5) is 0. The highest BCUT2D eigenvalue weighted by molar-refractivity contribution is 5.03. The second-order valence-electron chi connectivity index (χ2n) is 3.98. The molecule has 18 heavy (non-hydrogen) atoms. The number of rotatable bonds is 8. The van der Waals surface area contributed by atoms with E-state index in [0.29, 0.717) is 0 Å². The van der Waals surface area contributed by atoms with Crippen LogP contribution >= 0.6 is 0 Å². The maximum absolute atomic E-state index is 9.97. The van der Waals surface area contributed by atoms with E-state index in [4.69, 9.17) is 15.3 Å². The lowest BCUT2D eigenvalue weighted by molar-refractivity contribution is -0.250. The van der Waals surface area contributed by atoms with Crippen LogP contribution in [0.2, 0.25) is 0 Å². The lowest BCUT2D eigenvalue weighted by Crippen LogP contribution is -2.68. The standard InChI is InChI=1S/C9H20O9/c10-1-4(13)7(16)9(18,6(15)3-12)8(17)5(14)2-11/h4-8,10-18H,1-3H2. The van der Waals surface area contributed by atoms with Gasteiger partial charge in [-0.25, -0.2) is 0 Å². The molecule has 9 nitrogen and oxygen atoms in total. The minimum atomic E-state index is -2.93. The average molecular weight is 272 g/mol. The summed E-state index contributed by atoms with van der Waals surface area (Å²) in [6, 6.07) is 0. The van der Waals surface area contributed by atoms with Crippen molar-refractivity contribution in [2.45, 2.75) is 36.1 Å². The van der Waals surface area contributed by atoms with E-state index in [1.807, 2.05) is 0 Å². The summed E-state index contributed by atoms with van der Waals surface area (Å²) in [6.45, 7) is -3.09. The van der Waals surface area contributed by atoms with Crippen molar-refractivity contribution < 1.29 is 46.0 Å². The first-order valence-corrected chi connectivity index (χ1v) is 5.22. The molecule has 5 atom stereocenters. The fourth-order valence-electron chi connectivity index (χ4n) is 1.53. The van der Waals surface area contributed by atoms with Gasteiger partial charge in [0.15, 0.2) is 0 Å². The third-order valence-corrected chi connectivity index (χ3v) is 2.76. The van der Waals surface area contributed by atoms with Crippen LogP contribution in [0.15, 0.2) is 0 Å². The van der Waals surface area contributed by atoms with Crippen molar-refractivity contribution in [1.82, 2.24) is 0 Å². The maximum atomic E-state index is 9.97. The van der Waals surface area contributed by atoms with Crippen LogP contribution < -0.4 is 0 Å². The summed E-state index contributed by atoms with van der Waals surface area (Å²) in [5, 5.41) is 83.0. The van der Waals surface area contributed by atoms with Gasteiger partial charge in [-0.05, 0) is 0 Å². The molecule has 110 valence electrons. The molecule has 0 aliphatic carbocycles. The number of aliphatic hydroxyl groups is 9. The number of aliphatic hydroxyl groups excluding tert-OH is 8. The van der Waals surface area contributed by atoms with Gasteiger partial charge in [-0.3, -0.25) is 0 Å². The molecular formula is C9H20O9. The second-order valence-corrected chi connectivity index (χ2v) is 3.98. The van der Waals surface area contributed by atoms with Gasteiger partial charge in [-0.15, -0.1) is 0 Å². The van der Waals surface area contributed by atoms with E-state index in [1.54, 1.807) is 0 Å². The van der Waals surface area contributed by atoms with Gasteiger partial charge >= 0.3 is 0 Å². The molecule has 5 unspecified atom stereocenters. The Hall–Kier alpha value is -0.360. The van der Waals surface area contributed by atoms with Gasteiger partial charge in [0.25, 0.3) is 0 Å². The van der Waals surface area contributed by atoms with E-state index >= 15 is 0 Å². The lowest BCUT2D eigenvalue weighted by atomic mass is 9.80. The Kier molecular flexibility index (Phi) is 7.14. The summed E-state index contributed by atoms with van der Waals surface area (Å²) in [5.41, 5.74) is -2.93. The second kappa shape index (κ2) is 7.28. The molecule has 9 N–H and O–H groups in total. The zero-order valence-electron chi connectivity index (χ0n) is 9.53. The van der Waals surface area contributed by atoms with E-state index in [1.165, 1.54) is 0 Å². The Labute approximate surface area is 103 Å². The van der Waals surface area contributed by atoms with E-state index in [-0.39, 0.29) is 0 Å². The van der Waals surface area contributed by atoms with Crippen LogP contribution in [0.3, 0.4) is 0 Å². The van der Waals surface area contributed by atoms with E-state index in [2.05, 4.69) is 0 Å². The largest absolute Gasteiger partial charge is 0.394 e. The summed E-state index contributed by atoms with van der Waals surface area (Å²) in [7, 11) is 0. The molecule has 0 amide bonds. The van der Waals surface area contributed by atoms with Crippen molar-refractivity contribution in [2.24, 2.45) is 0 Å². The van der Waals surface area contributed by atoms with Crippen LogP contribution in [0.1, 0.15) is 0 Å². The van der Waals surface area contributed by atoms with Gasteiger partial charge in [0.05, 0.1) is 19.8 Å². The lowest BCUT2D eigenvalue weighted by Gasteiger charge is -2.42. The first kappa shape index (κ1) is 17.6. The van der Waals surface area contributed by atoms with Crippen molar-refractivity contribution in [2.75, 3.05) is 19.8 Å². The Morgan fingerprint density at radius 1 is 0.667 bits per heavy atom. The summed E-state index contributed by atoms with van der Waals surface area (Å²) in [6.07, 6.45) is -10.5. The molecule has 0 radical (unpaired) electrons. The molecular weight excluding hydrogens is 252 g/mol. The Morgan fingerprint density at radius 2 is 1.00 bits per heavy atom. The van der Waals surface area contributed by atoms with Gasteiger partial charge in [0, 0.05) is 0 Å². The zero-order valence-corrected chi connectivity index (χ0v) is 9.53. The van der Waals surface area contributed by atoms with Crippen LogP contribution in [-0.2, 0) is 0 Å². The summed E-state index contributed by atoms with van der Waals surface area (Å²) in [5.74, 6) is 0. The van der Waals surface area contributed by atoms with Gasteiger partial charge in [-0.1, -0.05) is 0 Å². The van der Waals surface area contributed by atoms with E-state index < -0.39 is 55.9 Å². The van der Waals surface area contributed by atoms with Crippen LogP contribution in [0.5, 0.6) is 0 Å². The molecule has 0 aliphatic heterocycles. The molecule has 0 aliphatic rings. The first-order chi connectivity index (χ1) is 8.27. The first-order valence-electron chi connectivity index (χ1n) is 5.22. The maximum Gasteiger partial charge on any atom is 0.149 e. The normalized spacial score (nSPS) is 23.8. The fourth-order valence-corrected chi connectivity index (χ4v) is 1.53. The zero-order chi connectivity index (χ0) is 14.5. The smallest absolute Gasteiger partial charge is 0.149 e. The van der Waals surface area contributed by atoms with Gasteiger partial charge in [-0.2, -0.15) is 0 Å². The number of hydrogen-bond donors (Lipinski definition) is 9. The van der Waals surface area contributed by atoms with Crippen molar-refractivity contribution in [1.29, 1.82) is 0 Å². The molecule has 0 heterocycles. The highest BCUT2D eigenvalue weighted by Gasteiger charge is 2.53. The van der Waals surface area contributed by atoms with Gasteiger partial charge < -0.3 is 46.0 Å². The van der Waals surface area contributed by atoms with E-state index in [9.17, 15) is 30.6 Å². The molecule has 0 aromatic carbocycles. The highest BCUT2D eigenvalue weighted by atomic mass is 16.4. The van der Waals surface area contributed by atoms with Crippen LogP contribution in [0.25, 0.3) is 0 Å². The average Bonchev–Trinajstić information content (AvgIpc) is 2.41. The van der Waals surface area contributed by atoms with E-state index in [0.717, 1.165) is 0 Å². The van der Waals surface area contributed by atoms with Crippen molar-refractivity contribution >= 4 is 0 Å². The minimum Gasteiger partial charge on any atom is -0.394 e. The molecule has 0 saturated carbocycles. The quantitative estimate of drug-likeness (QED) is 0.208. The fraction of sp³-hybridized carbons (Fsp3) is 1.00. The Balaban J connectivity index is 5.29. The third kappa shape index (κ3) is 3.35. The number of hydrogen-bond acceptors (Lipinski definition) is 9. The summed E-state index contributed by atoms with van der Waals surface area (Å²) < 4.78 is 0. The molecule has 0 aromatic heterocycles. The van der Waals surface area contributed by atoms with Crippen molar-refractivity contribution in [3.05, 3.63) is 0 Å². The topological polar surface area (TPSA) is 182 Å². The minimum absolute atomic E-state index is 0.996. The molecule has 0 rings (SSSR count). The molecule has 0 bridgehead atoms. The van der Waals surface area contributed by atoms with Crippen molar-refractivity contribution in [3.8, 4) is 0 Å². The van der Waals surface area contributed by atoms with Gasteiger partial charge in [0.1, 0.15) is 36.1 Å². The van der Waals surface area contributed by atoms with Crippen LogP contribution in [-0.4, -0.2) is 102 Å². The SMILES string of the molecule is OCC(O)C(O)C(O)(C(O)CO)C(O)C(O)CO. The van der Waals surface area contributed by atoms with Crippen molar-refractivity contribution in [3.63, 3.8) is 0 Å². The highest BCUT2D eigenvalue weighted by Crippen LogP contribution is 2.25. The summed E-state index contributed by atoms with van der Waals surface area (Å²) >= 11 is 0. The molecule has 9 heteroatoms. The molecule has 0 saturated heterocycles. The Bertz CT molecular complexity index is 220. The predicted octanol–water partition coefficient (Wildman–Crippen LogP) is -5.50. The Morgan fingerprint density at radius 3 is 1.22 bits per heavy atom.